The lowest BCUT2D eigenvalue weighted by molar-refractivity contribution is 0.319. The van der Waals surface area contributed by atoms with Crippen LogP contribution in [0.25, 0.3) is 0 Å². The Morgan fingerprint density at radius 3 is 2.71 bits per heavy atom. The van der Waals surface area contributed by atoms with Gasteiger partial charge in [0.15, 0.2) is 5.75 Å². The Bertz CT molecular complexity index is 453. The zero-order valence-electron chi connectivity index (χ0n) is 9.65. The molecule has 2 N–H and O–H groups in total. The molecule has 0 heterocycles. The summed E-state index contributed by atoms with van der Waals surface area (Å²) in [7, 11) is -2.94. The third-order valence-corrected chi connectivity index (χ3v) is 4.37. The molecule has 0 amide bonds. The van der Waals surface area contributed by atoms with E-state index in [0.717, 1.165) is 0 Å². The van der Waals surface area contributed by atoms with Gasteiger partial charge in [0.05, 0.1) is 23.1 Å². The quantitative estimate of drug-likeness (QED) is 0.639. The predicted octanol–water partition coefficient (Wildman–Crippen LogP) is 2.13. The van der Waals surface area contributed by atoms with Gasteiger partial charge in [-0.25, -0.2) is 8.42 Å². The van der Waals surface area contributed by atoms with Crippen molar-refractivity contribution in [1.82, 2.24) is 0 Å². The Labute approximate surface area is 107 Å². The maximum atomic E-state index is 11.2. The van der Waals surface area contributed by atoms with Crippen molar-refractivity contribution in [3.63, 3.8) is 0 Å². The third-order valence-electron chi connectivity index (χ3n) is 2.28. The Morgan fingerprint density at radius 1 is 1.41 bits per heavy atom. The topological polar surface area (TPSA) is 69.4 Å². The number of halogens is 1. The smallest absolute Gasteiger partial charge is 0.160 e. The van der Waals surface area contributed by atoms with Crippen molar-refractivity contribution in [2.24, 2.45) is 0 Å². The van der Waals surface area contributed by atoms with Crippen LogP contribution in [0.1, 0.15) is 13.3 Å². The van der Waals surface area contributed by atoms with E-state index in [0.29, 0.717) is 22.9 Å². The summed E-state index contributed by atoms with van der Waals surface area (Å²) in [6.07, 6.45) is 0.431. The molecular formula is C11H16ClNO3S. The van der Waals surface area contributed by atoms with Crippen molar-refractivity contribution in [3.05, 3.63) is 23.2 Å². The third kappa shape index (κ3) is 4.44. The van der Waals surface area contributed by atoms with Gasteiger partial charge in [-0.2, -0.15) is 0 Å². The molecule has 4 nitrogen and oxygen atoms in total. The van der Waals surface area contributed by atoms with E-state index in [-0.39, 0.29) is 18.1 Å². The van der Waals surface area contributed by atoms with Crippen LogP contribution < -0.4 is 10.5 Å². The van der Waals surface area contributed by atoms with Crippen LogP contribution in [0.4, 0.5) is 5.69 Å². The highest BCUT2D eigenvalue weighted by atomic mass is 35.5. The number of hydrogen-bond acceptors (Lipinski definition) is 4. The number of hydrogen-bond donors (Lipinski definition) is 1. The fraction of sp³-hybridized carbons (Fsp3) is 0.455. The number of ether oxygens (including phenoxy) is 1. The minimum absolute atomic E-state index is 0.119. The standard InChI is InChI=1S/C11H16ClNO3S/c1-2-17(14,15)8-4-7-16-11-9(12)5-3-6-10(11)13/h3,5-6H,2,4,7-8,13H2,1H3. The number of anilines is 1. The van der Waals surface area contributed by atoms with E-state index in [4.69, 9.17) is 22.1 Å². The molecule has 0 aromatic heterocycles. The molecule has 0 unspecified atom stereocenters. The van der Waals surface area contributed by atoms with Crippen molar-refractivity contribution in [2.75, 3.05) is 23.8 Å². The normalized spacial score (nSPS) is 11.4. The lowest BCUT2D eigenvalue weighted by atomic mass is 10.3. The fourth-order valence-corrected chi connectivity index (χ4v) is 2.36. The second-order valence-electron chi connectivity index (χ2n) is 3.60. The summed E-state index contributed by atoms with van der Waals surface area (Å²) in [6.45, 7) is 1.91. The van der Waals surface area contributed by atoms with Crippen molar-refractivity contribution < 1.29 is 13.2 Å². The molecule has 0 fully saturated rings. The first-order valence-corrected chi connectivity index (χ1v) is 7.53. The summed E-state index contributed by atoms with van der Waals surface area (Å²) in [6, 6.07) is 5.09. The van der Waals surface area contributed by atoms with E-state index in [1.807, 2.05) is 0 Å². The van der Waals surface area contributed by atoms with Gasteiger partial charge in [0.1, 0.15) is 9.84 Å². The molecule has 0 atom stereocenters. The second kappa shape index (κ2) is 6.12. The van der Waals surface area contributed by atoms with Crippen LogP contribution in [0.2, 0.25) is 5.02 Å². The Kier molecular flexibility index (Phi) is 5.08. The molecule has 1 aromatic carbocycles. The number of nitrogens with two attached hydrogens (primary N) is 1. The molecule has 0 saturated heterocycles. The zero-order chi connectivity index (χ0) is 12.9. The number of sulfone groups is 1. The first-order valence-electron chi connectivity index (χ1n) is 5.33. The van der Waals surface area contributed by atoms with Gasteiger partial charge in [-0.15, -0.1) is 0 Å². The van der Waals surface area contributed by atoms with Crippen molar-refractivity contribution in [1.29, 1.82) is 0 Å². The van der Waals surface area contributed by atoms with E-state index < -0.39 is 9.84 Å². The van der Waals surface area contributed by atoms with Crippen molar-refractivity contribution >= 4 is 27.1 Å². The van der Waals surface area contributed by atoms with Crippen LogP contribution in [-0.4, -0.2) is 26.5 Å². The first kappa shape index (κ1) is 14.1. The molecule has 0 spiro atoms. The van der Waals surface area contributed by atoms with Crippen molar-refractivity contribution in [3.8, 4) is 5.75 Å². The maximum absolute atomic E-state index is 11.2. The van der Waals surface area contributed by atoms with Gasteiger partial charge in [0, 0.05) is 5.75 Å². The average molecular weight is 278 g/mol. The molecular weight excluding hydrogens is 262 g/mol. The Hall–Kier alpha value is -0.940. The van der Waals surface area contributed by atoms with Crippen molar-refractivity contribution in [2.45, 2.75) is 13.3 Å². The lowest BCUT2D eigenvalue weighted by Crippen LogP contribution is -2.12. The van der Waals surface area contributed by atoms with Crippen LogP contribution >= 0.6 is 11.6 Å². The van der Waals surface area contributed by atoms with Crippen LogP contribution in [0, 0.1) is 0 Å². The summed E-state index contributed by atoms with van der Waals surface area (Å²) in [4.78, 5) is 0. The van der Waals surface area contributed by atoms with Crippen LogP contribution in [0.3, 0.4) is 0 Å². The SMILES string of the molecule is CCS(=O)(=O)CCCOc1c(N)cccc1Cl. The highest BCUT2D eigenvalue weighted by Crippen LogP contribution is 2.30. The van der Waals surface area contributed by atoms with E-state index in [1.54, 1.807) is 25.1 Å². The van der Waals surface area contributed by atoms with E-state index >= 15 is 0 Å². The van der Waals surface area contributed by atoms with Gasteiger partial charge < -0.3 is 10.5 Å². The summed E-state index contributed by atoms with van der Waals surface area (Å²) < 4.78 is 27.9. The van der Waals surface area contributed by atoms with Crippen LogP contribution in [-0.2, 0) is 9.84 Å². The van der Waals surface area contributed by atoms with Gasteiger partial charge in [-0.1, -0.05) is 24.6 Å². The molecule has 0 aliphatic rings. The van der Waals surface area contributed by atoms with Gasteiger partial charge in [-0.05, 0) is 18.6 Å². The highest BCUT2D eigenvalue weighted by molar-refractivity contribution is 7.91. The van der Waals surface area contributed by atoms with E-state index in [1.165, 1.54) is 0 Å². The summed E-state index contributed by atoms with van der Waals surface area (Å²) in [5, 5.41) is 0.434. The average Bonchev–Trinajstić information content (AvgIpc) is 2.27. The Balaban J connectivity index is 2.47. The maximum Gasteiger partial charge on any atom is 0.160 e. The molecule has 0 aliphatic carbocycles. The number of nitrogen functional groups attached to an aromatic ring is 1. The largest absolute Gasteiger partial charge is 0.490 e. The van der Waals surface area contributed by atoms with E-state index in [9.17, 15) is 8.42 Å². The fourth-order valence-electron chi connectivity index (χ4n) is 1.28. The number of para-hydroxylation sites is 1. The van der Waals surface area contributed by atoms with Crippen LogP contribution in [0.15, 0.2) is 18.2 Å². The minimum Gasteiger partial charge on any atom is -0.490 e. The summed E-state index contributed by atoms with van der Waals surface area (Å²) >= 11 is 5.90. The first-order chi connectivity index (χ1) is 7.96. The number of rotatable bonds is 6. The second-order valence-corrected chi connectivity index (χ2v) is 6.48. The number of benzene rings is 1. The molecule has 0 saturated carbocycles. The van der Waals surface area contributed by atoms with Gasteiger partial charge >= 0.3 is 0 Å². The molecule has 1 rings (SSSR count). The van der Waals surface area contributed by atoms with Gasteiger partial charge in [0.25, 0.3) is 0 Å². The molecule has 6 heteroatoms. The van der Waals surface area contributed by atoms with E-state index in [2.05, 4.69) is 0 Å². The highest BCUT2D eigenvalue weighted by Gasteiger charge is 2.09. The monoisotopic (exact) mass is 277 g/mol. The molecule has 0 bridgehead atoms. The molecule has 0 radical (unpaired) electrons. The molecule has 96 valence electrons. The van der Waals surface area contributed by atoms with Gasteiger partial charge in [0.2, 0.25) is 0 Å². The lowest BCUT2D eigenvalue weighted by Gasteiger charge is -2.10. The van der Waals surface area contributed by atoms with Gasteiger partial charge in [-0.3, -0.25) is 0 Å². The summed E-state index contributed by atoms with van der Waals surface area (Å²) in [5.41, 5.74) is 6.14. The molecule has 1 aromatic rings. The predicted molar refractivity (Wildman–Crippen MR) is 70.3 cm³/mol. The molecule has 0 aliphatic heterocycles. The minimum atomic E-state index is -2.94. The zero-order valence-corrected chi connectivity index (χ0v) is 11.2. The Morgan fingerprint density at radius 2 is 2.12 bits per heavy atom. The van der Waals surface area contributed by atoms with Crippen LogP contribution in [0.5, 0.6) is 5.75 Å². The molecule has 17 heavy (non-hydrogen) atoms. The summed E-state index contributed by atoms with van der Waals surface area (Å²) in [5.74, 6) is 0.692.